The fourth-order valence-corrected chi connectivity index (χ4v) is 4.49. The summed E-state index contributed by atoms with van der Waals surface area (Å²) in [7, 11) is -3.73. The average Bonchev–Trinajstić information content (AvgIpc) is 2.67. The van der Waals surface area contributed by atoms with E-state index in [9.17, 15) is 17.6 Å². The van der Waals surface area contributed by atoms with Gasteiger partial charge >= 0.3 is 0 Å². The van der Waals surface area contributed by atoms with Gasteiger partial charge in [0.1, 0.15) is 5.82 Å². The zero-order chi connectivity index (χ0) is 18.6. The molecule has 0 spiro atoms. The van der Waals surface area contributed by atoms with Crippen molar-refractivity contribution in [3.05, 3.63) is 60.2 Å². The topological polar surface area (TPSA) is 79.4 Å². The highest BCUT2D eigenvalue weighted by molar-refractivity contribution is 7.89. The third-order valence-corrected chi connectivity index (χ3v) is 6.30. The van der Waals surface area contributed by atoms with Crippen LogP contribution in [0.5, 0.6) is 0 Å². The summed E-state index contributed by atoms with van der Waals surface area (Å²) in [5.74, 6) is -1.06. The Kier molecular flexibility index (Phi) is 5.63. The first-order chi connectivity index (χ1) is 12.5. The van der Waals surface area contributed by atoms with Gasteiger partial charge in [-0.1, -0.05) is 0 Å². The highest BCUT2D eigenvalue weighted by Crippen LogP contribution is 2.24. The number of amides is 1. The molecule has 2 aromatic rings. The van der Waals surface area contributed by atoms with Crippen molar-refractivity contribution in [1.29, 1.82) is 0 Å². The van der Waals surface area contributed by atoms with Crippen LogP contribution in [-0.4, -0.2) is 36.7 Å². The molecule has 0 radical (unpaired) electrons. The van der Waals surface area contributed by atoms with Gasteiger partial charge in [-0.3, -0.25) is 9.78 Å². The number of carbonyl (C=O) groups excluding carboxylic acids is 1. The van der Waals surface area contributed by atoms with E-state index in [0.29, 0.717) is 25.9 Å². The van der Waals surface area contributed by atoms with Crippen LogP contribution in [0.15, 0.2) is 53.7 Å². The lowest BCUT2D eigenvalue weighted by molar-refractivity contribution is -0.126. The first-order valence-electron chi connectivity index (χ1n) is 8.39. The molecule has 0 aliphatic carbocycles. The van der Waals surface area contributed by atoms with Gasteiger partial charge < -0.3 is 5.32 Å². The molecule has 0 saturated carbocycles. The Morgan fingerprint density at radius 2 is 1.88 bits per heavy atom. The molecule has 2 heterocycles. The number of benzene rings is 1. The summed E-state index contributed by atoms with van der Waals surface area (Å²) in [5.41, 5.74) is 0.931. The molecule has 1 N–H and O–H groups in total. The molecule has 1 aliphatic rings. The molecule has 1 saturated heterocycles. The van der Waals surface area contributed by atoms with E-state index in [1.165, 1.54) is 16.4 Å². The fourth-order valence-electron chi connectivity index (χ4n) is 2.96. The van der Waals surface area contributed by atoms with Crippen molar-refractivity contribution in [2.45, 2.75) is 24.3 Å². The summed E-state index contributed by atoms with van der Waals surface area (Å²) in [6.07, 6.45) is 4.55. The van der Waals surface area contributed by atoms with E-state index in [1.54, 1.807) is 12.4 Å². The van der Waals surface area contributed by atoms with E-state index < -0.39 is 21.8 Å². The lowest BCUT2D eigenvalue weighted by Crippen LogP contribution is -2.45. The largest absolute Gasteiger partial charge is 0.352 e. The van der Waals surface area contributed by atoms with E-state index in [1.807, 2.05) is 12.1 Å². The smallest absolute Gasteiger partial charge is 0.243 e. The summed E-state index contributed by atoms with van der Waals surface area (Å²) in [5, 5.41) is 2.85. The molecule has 1 atom stereocenters. The highest BCUT2D eigenvalue weighted by Gasteiger charge is 2.33. The minimum absolute atomic E-state index is 0.0387. The number of piperidine rings is 1. The van der Waals surface area contributed by atoms with Gasteiger partial charge in [-0.25, -0.2) is 12.8 Å². The number of rotatable bonds is 5. The predicted molar refractivity (Wildman–Crippen MR) is 94.0 cm³/mol. The Morgan fingerprint density at radius 3 is 2.58 bits per heavy atom. The van der Waals surface area contributed by atoms with Crippen LogP contribution >= 0.6 is 0 Å². The Hall–Kier alpha value is -2.32. The maximum Gasteiger partial charge on any atom is 0.243 e. The molecule has 3 rings (SSSR count). The Balaban J connectivity index is 1.64. The minimum Gasteiger partial charge on any atom is -0.352 e. The number of hydrogen-bond donors (Lipinski definition) is 1. The molecule has 26 heavy (non-hydrogen) atoms. The van der Waals surface area contributed by atoms with Crippen molar-refractivity contribution in [2.75, 3.05) is 13.1 Å². The quantitative estimate of drug-likeness (QED) is 0.864. The zero-order valence-corrected chi connectivity index (χ0v) is 15.0. The number of sulfonamides is 1. The molecular formula is C18H20FN3O3S. The molecule has 1 amide bonds. The van der Waals surface area contributed by atoms with E-state index in [4.69, 9.17) is 0 Å². The Labute approximate surface area is 152 Å². The van der Waals surface area contributed by atoms with Gasteiger partial charge in [0, 0.05) is 32.0 Å². The number of hydrogen-bond acceptors (Lipinski definition) is 4. The van der Waals surface area contributed by atoms with Gasteiger partial charge in [0.25, 0.3) is 0 Å². The van der Waals surface area contributed by atoms with Crippen molar-refractivity contribution in [1.82, 2.24) is 14.6 Å². The van der Waals surface area contributed by atoms with Crippen LogP contribution in [0.2, 0.25) is 0 Å². The van der Waals surface area contributed by atoms with Gasteiger partial charge in [-0.05, 0) is 54.8 Å². The first kappa shape index (κ1) is 18.5. The van der Waals surface area contributed by atoms with Gasteiger partial charge in [0.2, 0.25) is 15.9 Å². The van der Waals surface area contributed by atoms with Crippen LogP contribution in [0.3, 0.4) is 0 Å². The third-order valence-electron chi connectivity index (χ3n) is 4.42. The summed E-state index contributed by atoms with van der Waals surface area (Å²) >= 11 is 0. The van der Waals surface area contributed by atoms with Crippen LogP contribution in [0.25, 0.3) is 0 Å². The van der Waals surface area contributed by atoms with E-state index >= 15 is 0 Å². The van der Waals surface area contributed by atoms with Crippen LogP contribution in [0, 0.1) is 11.7 Å². The molecule has 0 unspecified atom stereocenters. The monoisotopic (exact) mass is 377 g/mol. The summed E-state index contributed by atoms with van der Waals surface area (Å²) in [6.45, 7) is 0.859. The van der Waals surface area contributed by atoms with Gasteiger partial charge in [-0.15, -0.1) is 0 Å². The molecule has 0 bridgehead atoms. The van der Waals surface area contributed by atoms with Crippen LogP contribution < -0.4 is 5.32 Å². The molecular weight excluding hydrogens is 357 g/mol. The van der Waals surface area contributed by atoms with Gasteiger partial charge in [-0.2, -0.15) is 4.31 Å². The number of halogens is 1. The average molecular weight is 377 g/mol. The lowest BCUT2D eigenvalue weighted by atomic mass is 9.99. The van der Waals surface area contributed by atoms with Crippen molar-refractivity contribution in [3.63, 3.8) is 0 Å². The van der Waals surface area contributed by atoms with Crippen LogP contribution in [0.4, 0.5) is 4.39 Å². The van der Waals surface area contributed by atoms with E-state index in [0.717, 1.165) is 17.7 Å². The predicted octanol–water partition coefficient (Wildman–Crippen LogP) is 1.94. The van der Waals surface area contributed by atoms with Crippen LogP contribution in [0.1, 0.15) is 18.4 Å². The molecule has 6 nitrogen and oxygen atoms in total. The fraction of sp³-hybridized carbons (Fsp3) is 0.333. The first-order valence-corrected chi connectivity index (χ1v) is 9.83. The molecule has 8 heteroatoms. The van der Waals surface area contributed by atoms with Gasteiger partial charge in [0.05, 0.1) is 10.8 Å². The number of aromatic nitrogens is 1. The minimum atomic E-state index is -3.73. The highest BCUT2D eigenvalue weighted by atomic mass is 32.2. The second-order valence-electron chi connectivity index (χ2n) is 6.23. The van der Waals surface area contributed by atoms with E-state index in [2.05, 4.69) is 10.3 Å². The number of nitrogens with zero attached hydrogens (tertiary/aromatic N) is 2. The Bertz CT molecular complexity index is 857. The summed E-state index contributed by atoms with van der Waals surface area (Å²) in [4.78, 5) is 16.4. The normalized spacial score (nSPS) is 18.4. The standard InChI is InChI=1S/C18H20FN3O3S/c19-16-3-5-17(6-4-16)26(24,25)22-11-1-2-15(13-22)18(23)21-12-14-7-9-20-10-8-14/h3-10,15H,1-2,11-13H2,(H,21,23)/t15-/m0/s1. The van der Waals surface area contributed by atoms with Gasteiger partial charge in [0.15, 0.2) is 0 Å². The van der Waals surface area contributed by atoms with Crippen LogP contribution in [-0.2, 0) is 21.4 Å². The SMILES string of the molecule is O=C(NCc1ccncc1)[C@H]1CCCN(S(=O)(=O)c2ccc(F)cc2)C1. The molecule has 1 aromatic carbocycles. The van der Waals surface area contributed by atoms with Crippen molar-refractivity contribution >= 4 is 15.9 Å². The zero-order valence-electron chi connectivity index (χ0n) is 14.1. The number of pyridine rings is 1. The Morgan fingerprint density at radius 1 is 1.19 bits per heavy atom. The molecule has 138 valence electrons. The van der Waals surface area contributed by atoms with E-state index in [-0.39, 0.29) is 17.3 Å². The van der Waals surface area contributed by atoms with Crippen molar-refractivity contribution in [2.24, 2.45) is 5.92 Å². The lowest BCUT2D eigenvalue weighted by Gasteiger charge is -2.31. The second kappa shape index (κ2) is 7.92. The molecule has 1 fully saturated rings. The molecule has 1 aromatic heterocycles. The van der Waals surface area contributed by atoms with Crippen molar-refractivity contribution in [3.8, 4) is 0 Å². The summed E-state index contributed by atoms with van der Waals surface area (Å²) < 4.78 is 39.8. The second-order valence-corrected chi connectivity index (χ2v) is 8.17. The number of carbonyl (C=O) groups is 1. The number of nitrogens with one attached hydrogen (secondary N) is 1. The third kappa shape index (κ3) is 4.25. The van der Waals surface area contributed by atoms with Crippen molar-refractivity contribution < 1.29 is 17.6 Å². The summed E-state index contributed by atoms with van der Waals surface area (Å²) in [6, 6.07) is 8.36. The maximum absolute atomic E-state index is 13.0. The molecule has 1 aliphatic heterocycles. The maximum atomic E-state index is 13.0.